The van der Waals surface area contributed by atoms with Gasteiger partial charge in [-0.25, -0.2) is 0 Å². The van der Waals surface area contributed by atoms with Gasteiger partial charge in [0, 0.05) is 5.92 Å². The van der Waals surface area contributed by atoms with Crippen LogP contribution in [-0.4, -0.2) is 15.6 Å². The molecule has 1 atom stereocenters. The maximum Gasteiger partial charge on any atom is 0.157 e. The Morgan fingerprint density at radius 3 is 2.79 bits per heavy atom. The monoisotopic (exact) mass is 214 g/mol. The highest BCUT2D eigenvalue weighted by molar-refractivity contribution is 6.31. The van der Waals surface area contributed by atoms with Crippen molar-refractivity contribution in [3.8, 4) is 0 Å². The summed E-state index contributed by atoms with van der Waals surface area (Å²) in [7, 11) is 0. The second kappa shape index (κ2) is 4.60. The lowest BCUT2D eigenvalue weighted by molar-refractivity contribution is -0.123. The number of Topliss-reactive ketones (excluding diaryl/α,β-unsaturated/α-hetero) is 1. The highest BCUT2D eigenvalue weighted by Gasteiger charge is 2.13. The van der Waals surface area contributed by atoms with Crippen LogP contribution in [0.4, 0.5) is 0 Å². The van der Waals surface area contributed by atoms with Crippen molar-refractivity contribution in [2.45, 2.75) is 33.7 Å². The summed E-state index contributed by atoms with van der Waals surface area (Å²) in [6, 6.07) is 0. The first-order valence-electron chi connectivity index (χ1n) is 4.76. The average molecular weight is 215 g/mol. The van der Waals surface area contributed by atoms with E-state index >= 15 is 0 Å². The first-order valence-corrected chi connectivity index (χ1v) is 5.14. The predicted molar refractivity (Wildman–Crippen MR) is 56.4 cm³/mol. The molecule has 0 aliphatic heterocycles. The number of carbonyl (C=O) groups is 1. The molecule has 3 nitrogen and oxygen atoms in total. The van der Waals surface area contributed by atoms with E-state index in [1.54, 1.807) is 10.9 Å². The van der Waals surface area contributed by atoms with Gasteiger partial charge in [-0.15, -0.1) is 0 Å². The van der Waals surface area contributed by atoms with Crippen LogP contribution in [0.2, 0.25) is 5.02 Å². The maximum atomic E-state index is 11.6. The van der Waals surface area contributed by atoms with E-state index in [4.69, 9.17) is 11.6 Å². The van der Waals surface area contributed by atoms with Gasteiger partial charge >= 0.3 is 0 Å². The molecule has 0 bridgehead atoms. The third kappa shape index (κ3) is 2.35. The summed E-state index contributed by atoms with van der Waals surface area (Å²) in [6.45, 7) is 6.13. The molecule has 4 heteroatoms. The summed E-state index contributed by atoms with van der Waals surface area (Å²) in [5, 5.41) is 4.65. The number of halogens is 1. The minimum absolute atomic E-state index is 0.0948. The molecule has 1 aromatic heterocycles. The van der Waals surface area contributed by atoms with Gasteiger partial charge in [0.1, 0.15) is 6.54 Å². The van der Waals surface area contributed by atoms with Gasteiger partial charge in [0.2, 0.25) is 0 Å². The number of carbonyl (C=O) groups excluding carboxylic acids is 1. The quantitative estimate of drug-likeness (QED) is 0.772. The third-order valence-electron chi connectivity index (χ3n) is 2.51. The van der Waals surface area contributed by atoms with Gasteiger partial charge in [0.15, 0.2) is 5.78 Å². The Kier molecular flexibility index (Phi) is 3.69. The Morgan fingerprint density at radius 2 is 2.36 bits per heavy atom. The Morgan fingerprint density at radius 1 is 1.71 bits per heavy atom. The molecule has 0 aliphatic rings. The Labute approximate surface area is 89.1 Å². The number of ketones is 1. The second-order valence-corrected chi connectivity index (χ2v) is 3.92. The molecule has 0 aromatic carbocycles. The minimum Gasteiger partial charge on any atom is -0.297 e. The first-order chi connectivity index (χ1) is 6.56. The molecule has 0 N–H and O–H groups in total. The summed E-state index contributed by atoms with van der Waals surface area (Å²) in [5.74, 6) is 0.299. The Bertz CT molecular complexity index is 333. The lowest BCUT2D eigenvalue weighted by atomic mass is 10.0. The maximum absolute atomic E-state index is 11.6. The van der Waals surface area contributed by atoms with Gasteiger partial charge in [0.25, 0.3) is 0 Å². The van der Waals surface area contributed by atoms with Gasteiger partial charge < -0.3 is 0 Å². The molecule has 0 aliphatic carbocycles. The fourth-order valence-electron chi connectivity index (χ4n) is 1.11. The van der Waals surface area contributed by atoms with Gasteiger partial charge in [-0.1, -0.05) is 25.4 Å². The SMILES string of the molecule is CCC(C)C(=O)Cn1ncc(Cl)c1C. The molecule has 0 saturated heterocycles. The van der Waals surface area contributed by atoms with Gasteiger partial charge in [-0.3, -0.25) is 9.48 Å². The fraction of sp³-hybridized carbons (Fsp3) is 0.600. The van der Waals surface area contributed by atoms with Crippen molar-refractivity contribution in [2.24, 2.45) is 5.92 Å². The molecule has 0 spiro atoms. The van der Waals surface area contributed by atoms with Gasteiger partial charge in [0.05, 0.1) is 16.9 Å². The summed E-state index contributed by atoms with van der Waals surface area (Å²) < 4.78 is 1.65. The van der Waals surface area contributed by atoms with Crippen LogP contribution in [0.5, 0.6) is 0 Å². The van der Waals surface area contributed by atoms with Gasteiger partial charge in [-0.05, 0) is 13.3 Å². The summed E-state index contributed by atoms with van der Waals surface area (Å²) in [5.41, 5.74) is 0.850. The smallest absolute Gasteiger partial charge is 0.157 e. The molecule has 1 heterocycles. The van der Waals surface area contributed by atoms with Crippen LogP contribution in [0.15, 0.2) is 6.20 Å². The van der Waals surface area contributed by atoms with E-state index in [1.807, 2.05) is 20.8 Å². The van der Waals surface area contributed by atoms with Crippen molar-refractivity contribution in [3.05, 3.63) is 16.9 Å². The van der Waals surface area contributed by atoms with Crippen LogP contribution in [0.3, 0.4) is 0 Å². The summed E-state index contributed by atoms with van der Waals surface area (Å²) in [6.07, 6.45) is 2.44. The molecule has 1 unspecified atom stereocenters. The molecule has 14 heavy (non-hydrogen) atoms. The zero-order valence-electron chi connectivity index (χ0n) is 8.75. The number of aromatic nitrogens is 2. The number of hydrogen-bond donors (Lipinski definition) is 0. The lowest BCUT2D eigenvalue weighted by Gasteiger charge is -2.08. The zero-order chi connectivity index (χ0) is 10.7. The van der Waals surface area contributed by atoms with Crippen molar-refractivity contribution >= 4 is 17.4 Å². The summed E-state index contributed by atoms with van der Waals surface area (Å²) >= 11 is 5.83. The minimum atomic E-state index is 0.0948. The Balaban J connectivity index is 2.70. The van der Waals surface area contributed by atoms with Crippen molar-refractivity contribution < 1.29 is 4.79 Å². The van der Waals surface area contributed by atoms with Gasteiger partial charge in [-0.2, -0.15) is 5.10 Å². The van der Waals surface area contributed by atoms with Crippen LogP contribution in [0, 0.1) is 12.8 Å². The van der Waals surface area contributed by atoms with E-state index in [-0.39, 0.29) is 11.7 Å². The Hall–Kier alpha value is -0.830. The van der Waals surface area contributed by atoms with Crippen molar-refractivity contribution in [2.75, 3.05) is 0 Å². The molecule has 0 fully saturated rings. The highest BCUT2D eigenvalue weighted by Crippen LogP contribution is 2.14. The van der Waals surface area contributed by atoms with Crippen LogP contribution < -0.4 is 0 Å². The van der Waals surface area contributed by atoms with Crippen molar-refractivity contribution in [1.82, 2.24) is 9.78 Å². The van der Waals surface area contributed by atoms with E-state index in [0.717, 1.165) is 12.1 Å². The first kappa shape index (κ1) is 11.2. The standard InChI is InChI=1S/C10H15ClN2O/c1-4-7(2)10(14)6-13-8(3)9(11)5-12-13/h5,7H,4,6H2,1-3H3. The third-order valence-corrected chi connectivity index (χ3v) is 2.88. The average Bonchev–Trinajstić information content (AvgIpc) is 2.48. The molecule has 0 saturated carbocycles. The van der Waals surface area contributed by atoms with E-state index in [9.17, 15) is 4.79 Å². The molecule has 0 radical (unpaired) electrons. The second-order valence-electron chi connectivity index (χ2n) is 3.51. The lowest BCUT2D eigenvalue weighted by Crippen LogP contribution is -2.18. The van der Waals surface area contributed by atoms with Crippen LogP contribution in [-0.2, 0) is 11.3 Å². The molecular weight excluding hydrogens is 200 g/mol. The van der Waals surface area contributed by atoms with E-state index in [2.05, 4.69) is 5.10 Å². The van der Waals surface area contributed by atoms with E-state index < -0.39 is 0 Å². The van der Waals surface area contributed by atoms with Crippen molar-refractivity contribution in [1.29, 1.82) is 0 Å². The van der Waals surface area contributed by atoms with Crippen LogP contribution >= 0.6 is 11.6 Å². The summed E-state index contributed by atoms with van der Waals surface area (Å²) in [4.78, 5) is 11.6. The molecule has 0 amide bonds. The van der Waals surface area contributed by atoms with Crippen molar-refractivity contribution in [3.63, 3.8) is 0 Å². The van der Waals surface area contributed by atoms with Crippen LogP contribution in [0.1, 0.15) is 26.0 Å². The van der Waals surface area contributed by atoms with E-state index in [0.29, 0.717) is 11.6 Å². The largest absolute Gasteiger partial charge is 0.297 e. The highest BCUT2D eigenvalue weighted by atomic mass is 35.5. The predicted octanol–water partition coefficient (Wildman–Crippen LogP) is 2.46. The van der Waals surface area contributed by atoms with Crippen LogP contribution in [0.25, 0.3) is 0 Å². The molecular formula is C10H15ClN2O. The number of nitrogens with zero attached hydrogens (tertiary/aromatic N) is 2. The molecule has 78 valence electrons. The molecule has 1 aromatic rings. The topological polar surface area (TPSA) is 34.9 Å². The zero-order valence-corrected chi connectivity index (χ0v) is 9.51. The normalized spacial score (nSPS) is 12.9. The number of rotatable bonds is 4. The number of hydrogen-bond acceptors (Lipinski definition) is 2. The molecule has 1 rings (SSSR count). The van der Waals surface area contributed by atoms with E-state index in [1.165, 1.54) is 0 Å². The fourth-order valence-corrected chi connectivity index (χ4v) is 1.26.